The van der Waals surface area contributed by atoms with Crippen LogP contribution in [0.1, 0.15) is 36.6 Å². The number of hydrogen-bond donors (Lipinski definition) is 0. The molecule has 0 amide bonds. The van der Waals surface area contributed by atoms with Crippen molar-refractivity contribution in [3.63, 3.8) is 0 Å². The molecule has 0 aliphatic carbocycles. The van der Waals surface area contributed by atoms with Gasteiger partial charge < -0.3 is 9.80 Å². The van der Waals surface area contributed by atoms with Gasteiger partial charge in [0.05, 0.1) is 11.7 Å². The molecular weight excluding hydrogens is 400 g/mol. The molecule has 0 spiro atoms. The summed E-state index contributed by atoms with van der Waals surface area (Å²) in [4.78, 5) is 4.78. The quantitative estimate of drug-likeness (QED) is 0.424. The van der Waals surface area contributed by atoms with E-state index in [1.165, 1.54) is 44.8 Å². The molecule has 0 fully saturated rings. The lowest BCUT2D eigenvalue weighted by molar-refractivity contribution is 0.528. The molecule has 0 aromatic heterocycles. The Bertz CT molecular complexity index is 1260. The van der Waals surface area contributed by atoms with E-state index < -0.39 is 0 Å². The van der Waals surface area contributed by atoms with Gasteiger partial charge in [0, 0.05) is 36.6 Å². The van der Waals surface area contributed by atoms with E-state index in [2.05, 4.69) is 140 Å². The van der Waals surface area contributed by atoms with Crippen LogP contribution in [-0.4, -0.2) is 18.5 Å². The number of benzene rings is 3. The van der Waals surface area contributed by atoms with Gasteiger partial charge in [-0.2, -0.15) is 0 Å². The van der Waals surface area contributed by atoms with Crippen LogP contribution in [0.25, 0.3) is 11.3 Å². The van der Waals surface area contributed by atoms with Gasteiger partial charge in [-0.05, 0) is 42.7 Å². The van der Waals surface area contributed by atoms with Crippen molar-refractivity contribution in [1.29, 1.82) is 0 Å². The highest BCUT2D eigenvalue weighted by atomic mass is 15.2. The van der Waals surface area contributed by atoms with Crippen LogP contribution in [0.2, 0.25) is 0 Å². The topological polar surface area (TPSA) is 6.48 Å². The Morgan fingerprint density at radius 3 is 2.21 bits per heavy atom. The van der Waals surface area contributed by atoms with E-state index >= 15 is 0 Å². The fourth-order valence-electron chi connectivity index (χ4n) is 4.74. The van der Waals surface area contributed by atoms with Crippen LogP contribution < -0.4 is 4.90 Å². The molecule has 0 saturated carbocycles. The maximum atomic E-state index is 2.45. The number of hydrogen-bond acceptors (Lipinski definition) is 2. The number of rotatable bonds is 4. The Hall–Kier alpha value is -3.78. The maximum absolute atomic E-state index is 2.45. The van der Waals surface area contributed by atoms with Crippen molar-refractivity contribution in [2.45, 2.75) is 19.9 Å². The third-order valence-electron chi connectivity index (χ3n) is 6.55. The highest BCUT2D eigenvalue weighted by Crippen LogP contribution is 2.41. The fraction of sp³-hybridized carbons (Fsp3) is 0.161. The van der Waals surface area contributed by atoms with Crippen molar-refractivity contribution >= 4 is 17.0 Å². The van der Waals surface area contributed by atoms with Gasteiger partial charge in [0.1, 0.15) is 0 Å². The lowest BCUT2D eigenvalue weighted by Crippen LogP contribution is -2.28. The van der Waals surface area contributed by atoms with E-state index in [4.69, 9.17) is 0 Å². The Morgan fingerprint density at radius 2 is 1.45 bits per heavy atom. The summed E-state index contributed by atoms with van der Waals surface area (Å²) in [6.45, 7) is 5.34. The van der Waals surface area contributed by atoms with Gasteiger partial charge in [0.15, 0.2) is 0 Å². The summed E-state index contributed by atoms with van der Waals surface area (Å²) in [7, 11) is 2.17. The van der Waals surface area contributed by atoms with Crippen LogP contribution in [-0.2, 0) is 0 Å². The maximum Gasteiger partial charge on any atom is 0.0776 e. The van der Waals surface area contributed by atoms with Gasteiger partial charge in [0.2, 0.25) is 0 Å². The summed E-state index contributed by atoms with van der Waals surface area (Å²) >= 11 is 0. The smallest absolute Gasteiger partial charge is 0.0776 e. The molecule has 1 atom stereocenters. The van der Waals surface area contributed by atoms with Crippen LogP contribution in [0.15, 0.2) is 121 Å². The van der Waals surface area contributed by atoms with Gasteiger partial charge in [-0.1, -0.05) is 96.6 Å². The molecule has 1 unspecified atom stereocenters. The minimum Gasteiger partial charge on any atom is -0.370 e. The summed E-state index contributed by atoms with van der Waals surface area (Å²) < 4.78 is 0. The molecule has 0 N–H and O–H groups in total. The predicted octanol–water partition coefficient (Wildman–Crippen LogP) is 7.47. The van der Waals surface area contributed by atoms with Crippen LogP contribution in [0.4, 0.5) is 5.69 Å². The highest BCUT2D eigenvalue weighted by Gasteiger charge is 2.26. The third kappa shape index (κ3) is 4.17. The van der Waals surface area contributed by atoms with E-state index in [9.17, 15) is 0 Å². The molecule has 33 heavy (non-hydrogen) atoms. The second-order valence-electron chi connectivity index (χ2n) is 8.90. The van der Waals surface area contributed by atoms with E-state index in [0.29, 0.717) is 0 Å². The number of likely N-dealkylation sites (N-methyl/N-ethyl adjacent to an activating group) is 1. The molecule has 2 heteroatoms. The van der Waals surface area contributed by atoms with Crippen LogP contribution in [0.3, 0.4) is 0 Å². The molecule has 2 heterocycles. The number of anilines is 1. The first kappa shape index (κ1) is 21.1. The van der Waals surface area contributed by atoms with Gasteiger partial charge in [-0.3, -0.25) is 0 Å². The summed E-state index contributed by atoms with van der Waals surface area (Å²) in [5.41, 5.74) is 10.1. The van der Waals surface area contributed by atoms with E-state index in [1.807, 2.05) is 0 Å². The molecule has 0 bridgehead atoms. The molecule has 2 aliphatic heterocycles. The van der Waals surface area contributed by atoms with Crippen molar-refractivity contribution < 1.29 is 0 Å². The van der Waals surface area contributed by atoms with Crippen molar-refractivity contribution in [1.82, 2.24) is 4.90 Å². The lowest BCUT2D eigenvalue weighted by atomic mass is 9.91. The minimum atomic E-state index is 0.131. The van der Waals surface area contributed by atoms with Crippen molar-refractivity contribution in [3.05, 3.63) is 137 Å². The zero-order chi connectivity index (χ0) is 22.8. The first-order valence-electron chi connectivity index (χ1n) is 11.6. The molecule has 164 valence electrons. The SMILES string of the molecule is CC1=CCN(C)C(c2ccccc2N2C=C(c3ccccc3)C(C)=CC2c2ccccc2)=C1. The molecule has 0 radical (unpaired) electrons. The van der Waals surface area contributed by atoms with Crippen LogP contribution in [0.5, 0.6) is 0 Å². The summed E-state index contributed by atoms with van der Waals surface area (Å²) in [6.07, 6.45) is 9.32. The van der Waals surface area contributed by atoms with Crippen molar-refractivity contribution in [2.75, 3.05) is 18.5 Å². The van der Waals surface area contributed by atoms with E-state index in [-0.39, 0.29) is 6.04 Å². The number of nitrogens with zero attached hydrogens (tertiary/aromatic N) is 2. The van der Waals surface area contributed by atoms with Crippen molar-refractivity contribution in [3.8, 4) is 0 Å². The van der Waals surface area contributed by atoms with Gasteiger partial charge in [0.25, 0.3) is 0 Å². The largest absolute Gasteiger partial charge is 0.370 e. The monoisotopic (exact) mass is 430 g/mol. The molecule has 3 aromatic rings. The zero-order valence-electron chi connectivity index (χ0n) is 19.6. The molecule has 0 saturated heterocycles. The van der Waals surface area contributed by atoms with E-state index in [0.717, 1.165) is 6.54 Å². The first-order valence-corrected chi connectivity index (χ1v) is 11.6. The van der Waals surface area contributed by atoms with Crippen LogP contribution in [0, 0.1) is 0 Å². The van der Waals surface area contributed by atoms with Crippen LogP contribution >= 0.6 is 0 Å². The Balaban J connectivity index is 1.69. The number of allylic oxidation sites excluding steroid dienone is 4. The minimum absolute atomic E-state index is 0.131. The van der Waals surface area contributed by atoms with Gasteiger partial charge >= 0.3 is 0 Å². The molecular formula is C31H30N2. The summed E-state index contributed by atoms with van der Waals surface area (Å²) in [6, 6.07) is 30.4. The third-order valence-corrected chi connectivity index (χ3v) is 6.55. The average Bonchev–Trinajstić information content (AvgIpc) is 2.86. The highest BCUT2D eigenvalue weighted by molar-refractivity contribution is 5.86. The summed E-state index contributed by atoms with van der Waals surface area (Å²) in [5, 5.41) is 0. The molecule has 3 aromatic carbocycles. The number of para-hydroxylation sites is 1. The average molecular weight is 431 g/mol. The lowest BCUT2D eigenvalue weighted by Gasteiger charge is -2.37. The summed E-state index contributed by atoms with van der Waals surface area (Å²) in [5.74, 6) is 0. The Kier molecular flexibility index (Phi) is 5.75. The standard InChI is InChI=1S/C31H30N2/c1-23-18-19-32(3)31(20-23)27-16-10-11-17-29(27)33-22-28(25-12-6-4-7-13-25)24(2)21-30(33)26-14-8-5-9-15-26/h4-18,20-22,30H,19H2,1-3H3. The molecule has 2 aliphatic rings. The van der Waals surface area contributed by atoms with E-state index in [1.54, 1.807) is 0 Å². The van der Waals surface area contributed by atoms with Gasteiger partial charge in [-0.25, -0.2) is 0 Å². The second kappa shape index (κ2) is 8.99. The second-order valence-corrected chi connectivity index (χ2v) is 8.90. The Morgan fingerprint density at radius 1 is 0.788 bits per heavy atom. The fourth-order valence-corrected chi connectivity index (χ4v) is 4.74. The normalized spacial score (nSPS) is 18.3. The molecule has 5 rings (SSSR count). The van der Waals surface area contributed by atoms with Gasteiger partial charge in [-0.15, -0.1) is 0 Å². The predicted molar refractivity (Wildman–Crippen MR) is 141 cm³/mol. The Labute approximate surface area is 197 Å². The first-order chi connectivity index (χ1) is 16.1. The van der Waals surface area contributed by atoms with Crippen molar-refractivity contribution in [2.24, 2.45) is 0 Å². The molecule has 2 nitrogen and oxygen atoms in total. The zero-order valence-corrected chi connectivity index (χ0v) is 19.6.